The minimum absolute atomic E-state index is 0.0224. The maximum Gasteiger partial charge on any atom is 0.258 e. The van der Waals surface area contributed by atoms with Crippen molar-refractivity contribution in [2.45, 2.75) is 31.9 Å². The molecule has 17 heavy (non-hydrogen) atoms. The molecule has 1 aliphatic carbocycles. The lowest BCUT2D eigenvalue weighted by molar-refractivity contribution is -0.124. The molecule has 0 spiro atoms. The quantitative estimate of drug-likeness (QED) is 0.807. The van der Waals surface area contributed by atoms with E-state index in [2.05, 4.69) is 5.32 Å². The van der Waals surface area contributed by atoms with Crippen LogP contribution in [0.3, 0.4) is 0 Å². The van der Waals surface area contributed by atoms with Crippen LogP contribution in [0.5, 0.6) is 5.75 Å². The van der Waals surface area contributed by atoms with E-state index in [9.17, 15) is 4.79 Å². The number of ether oxygens (including phenoxy) is 1. The molecule has 2 rings (SSSR count). The fraction of sp³-hybridized carbons (Fsp3) is 0.462. The third kappa shape index (κ3) is 3.46. The second kappa shape index (κ2) is 5.68. The molecule has 0 unspecified atom stereocenters. The van der Waals surface area contributed by atoms with Gasteiger partial charge in [-0.05, 0) is 37.0 Å². The smallest absolute Gasteiger partial charge is 0.258 e. The highest BCUT2D eigenvalue weighted by Gasteiger charge is 2.19. The van der Waals surface area contributed by atoms with Gasteiger partial charge in [-0.15, -0.1) is 0 Å². The first-order chi connectivity index (χ1) is 8.28. The number of amides is 1. The zero-order valence-electron chi connectivity index (χ0n) is 9.69. The van der Waals surface area contributed by atoms with Gasteiger partial charge in [0, 0.05) is 6.04 Å². The van der Waals surface area contributed by atoms with Crippen LogP contribution < -0.4 is 10.1 Å². The normalized spacial score (nSPS) is 15.1. The van der Waals surface area contributed by atoms with Crippen molar-refractivity contribution in [2.75, 3.05) is 6.61 Å². The fourth-order valence-corrected chi connectivity index (χ4v) is 1.70. The largest absolute Gasteiger partial charge is 0.484 e. The molecular formula is C13H17NO3. The number of aliphatic hydroxyl groups is 1. The van der Waals surface area contributed by atoms with Crippen molar-refractivity contribution in [2.24, 2.45) is 0 Å². The second-order valence-corrected chi connectivity index (χ2v) is 4.29. The van der Waals surface area contributed by atoms with E-state index < -0.39 is 0 Å². The molecule has 4 nitrogen and oxygen atoms in total. The lowest BCUT2D eigenvalue weighted by atomic mass is 9.93. The van der Waals surface area contributed by atoms with E-state index in [1.54, 1.807) is 24.3 Å². The number of carbonyl (C=O) groups is 1. The van der Waals surface area contributed by atoms with Crippen molar-refractivity contribution in [3.8, 4) is 5.75 Å². The molecule has 1 aromatic rings. The molecule has 1 saturated carbocycles. The lowest BCUT2D eigenvalue weighted by Gasteiger charge is -2.26. The summed E-state index contributed by atoms with van der Waals surface area (Å²) < 4.78 is 5.36. The molecule has 1 fully saturated rings. The van der Waals surface area contributed by atoms with Crippen LogP contribution in [0.4, 0.5) is 0 Å². The Kier molecular flexibility index (Phi) is 3.98. The van der Waals surface area contributed by atoms with Gasteiger partial charge in [-0.2, -0.15) is 0 Å². The zero-order chi connectivity index (χ0) is 12.1. The molecule has 0 aliphatic heterocycles. The van der Waals surface area contributed by atoms with Crippen LogP contribution >= 0.6 is 0 Å². The van der Waals surface area contributed by atoms with Crippen LogP contribution in [0.1, 0.15) is 24.8 Å². The molecule has 0 atom stereocenters. The van der Waals surface area contributed by atoms with Crippen LogP contribution in [0.15, 0.2) is 24.3 Å². The van der Waals surface area contributed by atoms with Gasteiger partial charge in [-0.3, -0.25) is 4.79 Å². The third-order valence-electron chi connectivity index (χ3n) is 2.92. The SMILES string of the molecule is O=C(COc1cccc(CO)c1)NC1CCC1. The number of aliphatic hydroxyl groups excluding tert-OH is 1. The van der Waals surface area contributed by atoms with Crippen LogP contribution in [-0.4, -0.2) is 23.7 Å². The van der Waals surface area contributed by atoms with Crippen molar-refractivity contribution >= 4 is 5.91 Å². The average Bonchev–Trinajstić information content (AvgIpc) is 2.31. The van der Waals surface area contributed by atoms with Gasteiger partial charge < -0.3 is 15.2 Å². The Morgan fingerprint density at radius 2 is 2.29 bits per heavy atom. The van der Waals surface area contributed by atoms with E-state index >= 15 is 0 Å². The molecule has 92 valence electrons. The fourth-order valence-electron chi connectivity index (χ4n) is 1.70. The lowest BCUT2D eigenvalue weighted by Crippen LogP contribution is -2.41. The van der Waals surface area contributed by atoms with Crippen molar-refractivity contribution in [3.05, 3.63) is 29.8 Å². The van der Waals surface area contributed by atoms with Crippen molar-refractivity contribution in [1.29, 1.82) is 0 Å². The molecular weight excluding hydrogens is 218 g/mol. The summed E-state index contributed by atoms with van der Waals surface area (Å²) >= 11 is 0. The maximum atomic E-state index is 11.5. The molecule has 4 heteroatoms. The Bertz CT molecular complexity index is 388. The average molecular weight is 235 g/mol. The molecule has 0 radical (unpaired) electrons. The van der Waals surface area contributed by atoms with Crippen LogP contribution in [-0.2, 0) is 11.4 Å². The molecule has 1 aliphatic rings. The highest BCUT2D eigenvalue weighted by molar-refractivity contribution is 5.77. The first-order valence-electron chi connectivity index (χ1n) is 5.90. The number of carbonyl (C=O) groups excluding carboxylic acids is 1. The van der Waals surface area contributed by atoms with Gasteiger partial charge in [0.05, 0.1) is 6.61 Å². The number of hydrogen-bond donors (Lipinski definition) is 2. The van der Waals surface area contributed by atoms with E-state index in [0.29, 0.717) is 11.8 Å². The van der Waals surface area contributed by atoms with Crippen LogP contribution in [0.2, 0.25) is 0 Å². The third-order valence-corrected chi connectivity index (χ3v) is 2.92. The van der Waals surface area contributed by atoms with Crippen LogP contribution in [0.25, 0.3) is 0 Å². The van der Waals surface area contributed by atoms with Crippen LogP contribution in [0, 0.1) is 0 Å². The summed E-state index contributed by atoms with van der Waals surface area (Å²) in [6.45, 7) is 0.0108. The van der Waals surface area contributed by atoms with E-state index in [4.69, 9.17) is 9.84 Å². The van der Waals surface area contributed by atoms with Gasteiger partial charge in [0.25, 0.3) is 5.91 Å². The summed E-state index contributed by atoms with van der Waals surface area (Å²) in [5.41, 5.74) is 0.780. The summed E-state index contributed by atoms with van der Waals surface area (Å²) in [7, 11) is 0. The summed E-state index contributed by atoms with van der Waals surface area (Å²) in [6, 6.07) is 7.45. The molecule has 0 bridgehead atoms. The van der Waals surface area contributed by atoms with Crippen molar-refractivity contribution in [3.63, 3.8) is 0 Å². The Hall–Kier alpha value is -1.55. The van der Waals surface area contributed by atoms with E-state index in [1.165, 1.54) is 6.42 Å². The summed E-state index contributed by atoms with van der Waals surface area (Å²) in [5, 5.41) is 11.9. The highest BCUT2D eigenvalue weighted by Crippen LogP contribution is 2.18. The Morgan fingerprint density at radius 3 is 2.94 bits per heavy atom. The predicted molar refractivity (Wildman–Crippen MR) is 63.6 cm³/mol. The topological polar surface area (TPSA) is 58.6 Å². The summed E-state index contributed by atoms with van der Waals surface area (Å²) in [4.78, 5) is 11.5. The number of benzene rings is 1. The second-order valence-electron chi connectivity index (χ2n) is 4.29. The van der Waals surface area contributed by atoms with Gasteiger partial charge in [0.15, 0.2) is 6.61 Å². The van der Waals surface area contributed by atoms with Gasteiger partial charge in [0.2, 0.25) is 0 Å². The highest BCUT2D eigenvalue weighted by atomic mass is 16.5. The Labute approximate surface area is 101 Å². The van der Waals surface area contributed by atoms with E-state index in [0.717, 1.165) is 18.4 Å². The Morgan fingerprint density at radius 1 is 1.47 bits per heavy atom. The number of rotatable bonds is 5. The summed E-state index contributed by atoms with van der Waals surface area (Å²) in [5.74, 6) is 0.532. The maximum absolute atomic E-state index is 11.5. The van der Waals surface area contributed by atoms with E-state index in [1.807, 2.05) is 0 Å². The van der Waals surface area contributed by atoms with Gasteiger partial charge in [-0.25, -0.2) is 0 Å². The molecule has 0 heterocycles. The van der Waals surface area contributed by atoms with E-state index in [-0.39, 0.29) is 19.1 Å². The standard InChI is InChI=1S/C13H17NO3/c15-8-10-3-1-6-12(7-10)17-9-13(16)14-11-4-2-5-11/h1,3,6-7,11,15H,2,4-5,8-9H2,(H,14,16). The number of hydrogen-bond acceptors (Lipinski definition) is 3. The van der Waals surface area contributed by atoms with Gasteiger partial charge >= 0.3 is 0 Å². The molecule has 1 amide bonds. The molecule has 0 saturated heterocycles. The van der Waals surface area contributed by atoms with Gasteiger partial charge in [-0.1, -0.05) is 12.1 Å². The minimum Gasteiger partial charge on any atom is -0.484 e. The van der Waals surface area contributed by atoms with Crippen molar-refractivity contribution < 1.29 is 14.6 Å². The van der Waals surface area contributed by atoms with Gasteiger partial charge in [0.1, 0.15) is 5.75 Å². The Balaban J connectivity index is 1.77. The summed E-state index contributed by atoms with van der Waals surface area (Å²) in [6.07, 6.45) is 3.35. The monoisotopic (exact) mass is 235 g/mol. The predicted octanol–water partition coefficient (Wildman–Crippen LogP) is 1.23. The molecule has 2 N–H and O–H groups in total. The number of nitrogens with one attached hydrogen (secondary N) is 1. The minimum atomic E-state index is -0.0795. The molecule has 0 aromatic heterocycles. The zero-order valence-corrected chi connectivity index (χ0v) is 9.69. The first kappa shape index (κ1) is 11.9. The molecule has 1 aromatic carbocycles. The van der Waals surface area contributed by atoms with Crippen molar-refractivity contribution in [1.82, 2.24) is 5.32 Å². The first-order valence-corrected chi connectivity index (χ1v) is 5.90.